The fraction of sp³-hybridized carbons (Fsp3) is 0.160. The highest BCUT2D eigenvalue weighted by Gasteiger charge is 2.44. The van der Waals surface area contributed by atoms with Gasteiger partial charge < -0.3 is 9.52 Å². The number of carbonyl (C=O) groups is 1. The number of aromatic hydroxyl groups is 1. The van der Waals surface area contributed by atoms with E-state index in [1.54, 1.807) is 24.3 Å². The second kappa shape index (κ2) is 6.80. The van der Waals surface area contributed by atoms with Crippen molar-refractivity contribution in [3.63, 3.8) is 0 Å². The van der Waals surface area contributed by atoms with E-state index in [9.17, 15) is 14.7 Å². The zero-order chi connectivity index (χ0) is 21.9. The predicted molar refractivity (Wildman–Crippen MR) is 118 cm³/mol. The first-order chi connectivity index (χ1) is 14.8. The van der Waals surface area contributed by atoms with E-state index in [1.807, 2.05) is 39.0 Å². The molecule has 0 saturated heterocycles. The molecule has 0 spiro atoms. The first kappa shape index (κ1) is 19.1. The minimum Gasteiger partial charge on any atom is -0.508 e. The van der Waals surface area contributed by atoms with Gasteiger partial charge in [-0.1, -0.05) is 18.2 Å². The van der Waals surface area contributed by atoms with Gasteiger partial charge in [0, 0.05) is 5.69 Å². The van der Waals surface area contributed by atoms with E-state index < -0.39 is 11.9 Å². The number of aryl methyl sites for hydroxylation is 3. The summed E-state index contributed by atoms with van der Waals surface area (Å²) < 4.78 is 6.02. The van der Waals surface area contributed by atoms with Crippen LogP contribution in [0.15, 0.2) is 63.8 Å². The highest BCUT2D eigenvalue weighted by atomic mass is 16.3. The monoisotopic (exact) mass is 412 g/mol. The number of carbonyl (C=O) groups excluding carboxylic acids is 1. The van der Waals surface area contributed by atoms with Crippen LogP contribution in [-0.4, -0.2) is 16.0 Å². The summed E-state index contributed by atoms with van der Waals surface area (Å²) in [7, 11) is 0. The topological polar surface area (TPSA) is 83.6 Å². The van der Waals surface area contributed by atoms with Crippen molar-refractivity contribution in [3.05, 3.63) is 98.5 Å². The van der Waals surface area contributed by atoms with Crippen LogP contribution < -0.4 is 10.3 Å². The average Bonchev–Trinajstić information content (AvgIpc) is 3.03. The highest BCUT2D eigenvalue weighted by Crippen LogP contribution is 2.41. The van der Waals surface area contributed by atoms with Gasteiger partial charge in [0.25, 0.3) is 5.91 Å². The fourth-order valence-electron chi connectivity index (χ4n) is 4.10. The number of pyridine rings is 1. The number of hydrogen-bond acceptors (Lipinski definition) is 5. The zero-order valence-corrected chi connectivity index (χ0v) is 17.3. The maximum absolute atomic E-state index is 13.6. The molecule has 0 fully saturated rings. The molecule has 0 aliphatic carbocycles. The van der Waals surface area contributed by atoms with Crippen LogP contribution in [0.25, 0.3) is 11.0 Å². The first-order valence-corrected chi connectivity index (χ1v) is 9.99. The molecule has 1 atom stereocenters. The van der Waals surface area contributed by atoms with Gasteiger partial charge in [0.1, 0.15) is 17.2 Å². The molecule has 154 valence electrons. The Hall–Kier alpha value is -3.93. The number of fused-ring (bicyclic) bond motifs is 2. The van der Waals surface area contributed by atoms with Gasteiger partial charge >= 0.3 is 0 Å². The molecule has 1 aliphatic heterocycles. The van der Waals surface area contributed by atoms with E-state index in [0.717, 1.165) is 16.8 Å². The lowest BCUT2D eigenvalue weighted by Gasteiger charge is -2.24. The summed E-state index contributed by atoms with van der Waals surface area (Å²) in [5.41, 5.74) is 3.83. The molecule has 6 nitrogen and oxygen atoms in total. The van der Waals surface area contributed by atoms with Gasteiger partial charge in [-0.15, -0.1) is 0 Å². The lowest BCUT2D eigenvalue weighted by Crippen LogP contribution is -2.30. The van der Waals surface area contributed by atoms with E-state index in [1.165, 1.54) is 17.0 Å². The summed E-state index contributed by atoms with van der Waals surface area (Å²) in [5.74, 6) is 0.154. The molecule has 1 N–H and O–H groups in total. The standard InChI is InChI=1S/C25H20N2O4/c1-13-11-18-19(12-14(13)2)31-24-21(23(18)29)22(16-7-9-17(28)10-8-16)27(25(24)30)20-6-4-5-15(3)26-20/h4-12,22,28H,1-3H3. The van der Waals surface area contributed by atoms with E-state index in [2.05, 4.69) is 4.98 Å². The molecular weight excluding hydrogens is 392 g/mol. The molecule has 5 rings (SSSR count). The normalized spacial score (nSPS) is 15.5. The predicted octanol–water partition coefficient (Wildman–Crippen LogP) is 4.57. The van der Waals surface area contributed by atoms with Crippen molar-refractivity contribution in [2.45, 2.75) is 26.8 Å². The van der Waals surface area contributed by atoms with Gasteiger partial charge in [0.05, 0.1) is 17.0 Å². The molecule has 3 heterocycles. The Labute approximate surface area is 178 Å². The Morgan fingerprint density at radius 1 is 0.968 bits per heavy atom. The van der Waals surface area contributed by atoms with E-state index in [-0.39, 0.29) is 22.5 Å². The largest absolute Gasteiger partial charge is 0.508 e. The lowest BCUT2D eigenvalue weighted by molar-refractivity contribution is 0.0970. The van der Waals surface area contributed by atoms with E-state index >= 15 is 0 Å². The smallest absolute Gasteiger partial charge is 0.296 e. The molecule has 1 unspecified atom stereocenters. The van der Waals surface area contributed by atoms with Crippen LogP contribution in [-0.2, 0) is 0 Å². The van der Waals surface area contributed by atoms with E-state index in [4.69, 9.17) is 4.42 Å². The molecule has 1 aliphatic rings. The molecule has 0 bridgehead atoms. The number of anilines is 1. The third-order valence-electron chi connectivity index (χ3n) is 5.82. The third-order valence-corrected chi connectivity index (χ3v) is 5.82. The van der Waals surface area contributed by atoms with Crippen LogP contribution in [0.2, 0.25) is 0 Å². The number of phenolic OH excluding ortho intramolecular Hbond substituents is 1. The Kier molecular flexibility index (Phi) is 4.18. The number of amides is 1. The summed E-state index contributed by atoms with van der Waals surface area (Å²) >= 11 is 0. The maximum atomic E-state index is 13.6. The van der Waals surface area contributed by atoms with Gasteiger partial charge in [0.2, 0.25) is 5.76 Å². The quantitative estimate of drug-likeness (QED) is 0.521. The lowest BCUT2D eigenvalue weighted by atomic mass is 9.97. The minimum absolute atomic E-state index is 0.0298. The molecule has 4 aromatic rings. The van der Waals surface area contributed by atoms with Gasteiger partial charge in [-0.25, -0.2) is 4.98 Å². The summed E-state index contributed by atoms with van der Waals surface area (Å²) in [6.07, 6.45) is 0. The van der Waals surface area contributed by atoms with Gasteiger partial charge in [-0.2, -0.15) is 0 Å². The van der Waals surface area contributed by atoms with Crippen molar-refractivity contribution in [1.82, 2.24) is 4.98 Å². The summed E-state index contributed by atoms with van der Waals surface area (Å²) in [6.45, 7) is 5.72. The zero-order valence-electron chi connectivity index (χ0n) is 17.3. The van der Waals surface area contributed by atoms with Crippen molar-refractivity contribution >= 4 is 22.7 Å². The van der Waals surface area contributed by atoms with E-state index in [0.29, 0.717) is 22.4 Å². The average molecular weight is 412 g/mol. The second-order valence-electron chi connectivity index (χ2n) is 7.91. The van der Waals surface area contributed by atoms with Gasteiger partial charge in [0.15, 0.2) is 5.43 Å². The third kappa shape index (κ3) is 2.91. The van der Waals surface area contributed by atoms with Crippen LogP contribution in [0, 0.1) is 20.8 Å². The van der Waals surface area contributed by atoms with Gasteiger partial charge in [-0.05, 0) is 73.9 Å². The molecule has 0 saturated carbocycles. The number of aromatic nitrogens is 1. The number of nitrogens with zero attached hydrogens (tertiary/aromatic N) is 2. The summed E-state index contributed by atoms with van der Waals surface area (Å²) in [4.78, 5) is 33.1. The van der Waals surface area contributed by atoms with Crippen LogP contribution in [0.4, 0.5) is 5.82 Å². The Bertz CT molecular complexity index is 1420. The van der Waals surface area contributed by atoms with Crippen molar-refractivity contribution in [3.8, 4) is 5.75 Å². The van der Waals surface area contributed by atoms with Gasteiger partial charge in [-0.3, -0.25) is 14.5 Å². The Morgan fingerprint density at radius 3 is 2.39 bits per heavy atom. The number of hydrogen-bond donors (Lipinski definition) is 1. The highest BCUT2D eigenvalue weighted by molar-refractivity contribution is 6.10. The molecule has 6 heteroatoms. The molecule has 1 amide bonds. The first-order valence-electron chi connectivity index (χ1n) is 9.99. The van der Waals surface area contributed by atoms with Crippen LogP contribution >= 0.6 is 0 Å². The molecule has 31 heavy (non-hydrogen) atoms. The fourth-order valence-corrected chi connectivity index (χ4v) is 4.10. The molecule has 0 radical (unpaired) electrons. The number of rotatable bonds is 2. The van der Waals surface area contributed by atoms with Crippen molar-refractivity contribution in [2.24, 2.45) is 0 Å². The Morgan fingerprint density at radius 2 is 1.68 bits per heavy atom. The summed E-state index contributed by atoms with van der Waals surface area (Å²) in [5, 5.41) is 10.2. The molecule has 2 aromatic carbocycles. The van der Waals surface area contributed by atoms with Crippen molar-refractivity contribution in [2.75, 3.05) is 4.90 Å². The number of phenols is 1. The molecule has 2 aromatic heterocycles. The van der Waals surface area contributed by atoms with Crippen LogP contribution in [0.1, 0.15) is 44.5 Å². The SMILES string of the molecule is Cc1cccc(N2C(=O)c3oc4cc(C)c(C)cc4c(=O)c3C2c2ccc(O)cc2)n1. The Balaban J connectivity index is 1.83. The second-order valence-corrected chi connectivity index (χ2v) is 7.91. The molecular formula is C25H20N2O4. The van der Waals surface area contributed by atoms with Crippen LogP contribution in [0.3, 0.4) is 0 Å². The van der Waals surface area contributed by atoms with Crippen LogP contribution in [0.5, 0.6) is 5.75 Å². The summed E-state index contributed by atoms with van der Waals surface area (Å²) in [6, 6.07) is 14.8. The maximum Gasteiger partial charge on any atom is 0.296 e. The number of benzene rings is 2. The van der Waals surface area contributed by atoms with Crippen molar-refractivity contribution in [1.29, 1.82) is 0 Å². The van der Waals surface area contributed by atoms with Crippen molar-refractivity contribution < 1.29 is 14.3 Å². The minimum atomic E-state index is -0.709.